The predicted octanol–water partition coefficient (Wildman–Crippen LogP) is 9.60. The number of benzene rings is 4. The quantitative estimate of drug-likeness (QED) is 0.0535. The van der Waals surface area contributed by atoms with Crippen molar-refractivity contribution in [1.29, 1.82) is 0 Å². The number of hydrogen-bond donors (Lipinski definition) is 0. The van der Waals surface area contributed by atoms with Crippen molar-refractivity contribution in [1.82, 2.24) is 9.80 Å². The first-order chi connectivity index (χ1) is 30.3. The zero-order valence-electron chi connectivity index (χ0n) is 36.8. The van der Waals surface area contributed by atoms with Gasteiger partial charge in [0.15, 0.2) is 23.0 Å². The highest BCUT2D eigenvalue weighted by Gasteiger charge is 2.32. The standard InChI is InChI=1S/C50H58N4O8/c1-7-9-29-61-39-21-17-37(18-22-39)47-51-41(31-35-15-25-43(57-3)45(33-35)59-5)49(55)53(47)27-13-11-12-14-28-54-48(38-19-23-40(24-20-38)62-30-10-8-2)52-42(50(54)56)32-36-16-26-44(58-4)46(34-36)60-6/h15-26,31-34H,7-14,27-30H2,1-6H3/b41-31-,42-32+. The smallest absolute Gasteiger partial charge is 0.278 e. The molecular weight excluding hydrogens is 785 g/mol. The number of unbranched alkanes of at least 4 members (excludes halogenated alkanes) is 5. The average Bonchev–Trinajstić information content (AvgIpc) is 3.78. The Balaban J connectivity index is 1.14. The predicted molar refractivity (Wildman–Crippen MR) is 244 cm³/mol. The lowest BCUT2D eigenvalue weighted by atomic mass is 10.1. The number of rotatable bonds is 23. The molecule has 12 nitrogen and oxygen atoms in total. The third-order valence-corrected chi connectivity index (χ3v) is 10.6. The Morgan fingerprint density at radius 3 is 1.23 bits per heavy atom. The number of aliphatic imine (C=N–C) groups is 2. The summed E-state index contributed by atoms with van der Waals surface area (Å²) in [7, 11) is 6.34. The highest BCUT2D eigenvalue weighted by Crippen LogP contribution is 2.32. The lowest BCUT2D eigenvalue weighted by Gasteiger charge is -2.20. The van der Waals surface area contributed by atoms with Gasteiger partial charge >= 0.3 is 0 Å². The highest BCUT2D eigenvalue weighted by molar-refractivity contribution is 6.20. The van der Waals surface area contributed by atoms with Crippen molar-refractivity contribution in [2.24, 2.45) is 9.98 Å². The van der Waals surface area contributed by atoms with E-state index in [1.54, 1.807) is 50.4 Å². The number of carbonyl (C=O) groups is 2. The van der Waals surface area contributed by atoms with Crippen LogP contribution in [0.25, 0.3) is 12.2 Å². The molecule has 0 unspecified atom stereocenters. The van der Waals surface area contributed by atoms with Crippen LogP contribution in [-0.2, 0) is 9.59 Å². The fourth-order valence-corrected chi connectivity index (χ4v) is 7.12. The van der Waals surface area contributed by atoms with E-state index in [4.69, 9.17) is 38.4 Å². The molecule has 326 valence electrons. The molecule has 0 saturated heterocycles. The van der Waals surface area contributed by atoms with Gasteiger partial charge in [0.05, 0.1) is 41.7 Å². The van der Waals surface area contributed by atoms with Gasteiger partial charge < -0.3 is 28.4 Å². The third kappa shape index (κ3) is 11.2. The Kier molecular flexibility index (Phi) is 16.2. The van der Waals surface area contributed by atoms with Gasteiger partial charge in [-0.3, -0.25) is 19.4 Å². The van der Waals surface area contributed by atoms with E-state index in [9.17, 15) is 9.59 Å². The van der Waals surface area contributed by atoms with E-state index >= 15 is 0 Å². The number of carbonyl (C=O) groups excluding carboxylic acids is 2. The fourth-order valence-electron chi connectivity index (χ4n) is 7.12. The van der Waals surface area contributed by atoms with Crippen LogP contribution >= 0.6 is 0 Å². The van der Waals surface area contributed by atoms with E-state index in [1.165, 1.54) is 0 Å². The van der Waals surface area contributed by atoms with Gasteiger partial charge in [-0.25, -0.2) is 9.98 Å². The van der Waals surface area contributed by atoms with Crippen LogP contribution in [0.3, 0.4) is 0 Å². The second-order valence-electron chi connectivity index (χ2n) is 14.9. The molecular formula is C50H58N4O8. The molecule has 4 aromatic carbocycles. The molecule has 2 aliphatic rings. The minimum Gasteiger partial charge on any atom is -0.494 e. The van der Waals surface area contributed by atoms with Crippen LogP contribution in [0.2, 0.25) is 0 Å². The largest absolute Gasteiger partial charge is 0.494 e. The number of nitrogens with zero attached hydrogens (tertiary/aromatic N) is 4. The summed E-state index contributed by atoms with van der Waals surface area (Å²) in [6.45, 7) is 6.53. The van der Waals surface area contributed by atoms with E-state index in [0.717, 1.165) is 85.1 Å². The molecule has 0 saturated carbocycles. The summed E-state index contributed by atoms with van der Waals surface area (Å²) in [4.78, 5) is 41.3. The van der Waals surface area contributed by atoms with Gasteiger partial charge in [0, 0.05) is 24.2 Å². The Morgan fingerprint density at radius 2 is 0.871 bits per heavy atom. The molecule has 6 rings (SSSR count). The molecule has 0 fully saturated rings. The Labute approximate surface area is 365 Å². The molecule has 0 spiro atoms. The van der Waals surface area contributed by atoms with Gasteiger partial charge in [0.25, 0.3) is 11.8 Å². The average molecular weight is 843 g/mol. The number of amides is 2. The van der Waals surface area contributed by atoms with Crippen LogP contribution in [0, 0.1) is 0 Å². The number of hydrogen-bond acceptors (Lipinski definition) is 10. The van der Waals surface area contributed by atoms with Gasteiger partial charge in [0.1, 0.15) is 34.6 Å². The van der Waals surface area contributed by atoms with Crippen molar-refractivity contribution in [3.63, 3.8) is 0 Å². The van der Waals surface area contributed by atoms with Crippen LogP contribution in [-0.4, -0.2) is 88.0 Å². The summed E-state index contributed by atoms with van der Waals surface area (Å²) in [6.07, 6.45) is 10.8. The highest BCUT2D eigenvalue weighted by atomic mass is 16.5. The second-order valence-corrected chi connectivity index (χ2v) is 14.9. The van der Waals surface area contributed by atoms with Crippen molar-refractivity contribution in [2.45, 2.75) is 65.2 Å². The van der Waals surface area contributed by atoms with Gasteiger partial charge in [-0.1, -0.05) is 51.7 Å². The molecule has 4 aromatic rings. The van der Waals surface area contributed by atoms with Gasteiger partial charge in [0.2, 0.25) is 0 Å². The number of ether oxygens (including phenoxy) is 6. The molecule has 12 heteroatoms. The number of amidine groups is 2. The molecule has 0 aromatic heterocycles. The lowest BCUT2D eigenvalue weighted by Crippen LogP contribution is -2.34. The molecule has 2 heterocycles. The topological polar surface area (TPSA) is 121 Å². The third-order valence-electron chi connectivity index (χ3n) is 10.6. The monoisotopic (exact) mass is 842 g/mol. The molecule has 0 N–H and O–H groups in total. The van der Waals surface area contributed by atoms with Crippen LogP contribution < -0.4 is 28.4 Å². The molecule has 0 atom stereocenters. The second kappa shape index (κ2) is 22.3. The van der Waals surface area contributed by atoms with E-state index in [1.807, 2.05) is 84.9 Å². The maximum Gasteiger partial charge on any atom is 0.278 e. The normalized spacial score (nSPS) is 15.0. The zero-order valence-corrected chi connectivity index (χ0v) is 36.8. The van der Waals surface area contributed by atoms with Crippen LogP contribution in [0.1, 0.15) is 87.5 Å². The fraction of sp³-hybridized carbons (Fsp3) is 0.360. The van der Waals surface area contributed by atoms with Gasteiger partial charge in [-0.05, 0) is 122 Å². The van der Waals surface area contributed by atoms with E-state index in [2.05, 4.69) is 13.8 Å². The first-order valence-electron chi connectivity index (χ1n) is 21.5. The molecule has 0 aliphatic carbocycles. The molecule has 0 radical (unpaired) electrons. The van der Waals surface area contributed by atoms with Crippen molar-refractivity contribution < 1.29 is 38.0 Å². The van der Waals surface area contributed by atoms with Crippen molar-refractivity contribution in [3.8, 4) is 34.5 Å². The maximum atomic E-state index is 14.0. The maximum absolute atomic E-state index is 14.0. The first kappa shape index (κ1) is 45.0. The van der Waals surface area contributed by atoms with E-state index in [-0.39, 0.29) is 11.8 Å². The summed E-state index contributed by atoms with van der Waals surface area (Å²) in [5, 5.41) is 0. The van der Waals surface area contributed by atoms with Gasteiger partial charge in [-0.2, -0.15) is 0 Å². The molecule has 0 bridgehead atoms. The van der Waals surface area contributed by atoms with Crippen LogP contribution in [0.4, 0.5) is 0 Å². The van der Waals surface area contributed by atoms with Crippen molar-refractivity contribution in [3.05, 3.63) is 119 Å². The minimum atomic E-state index is -0.169. The molecule has 2 aliphatic heterocycles. The summed E-state index contributed by atoms with van der Waals surface area (Å²) >= 11 is 0. The minimum absolute atomic E-state index is 0.169. The van der Waals surface area contributed by atoms with Crippen molar-refractivity contribution in [2.75, 3.05) is 54.7 Å². The summed E-state index contributed by atoms with van der Waals surface area (Å²) in [6, 6.07) is 26.5. The first-order valence-corrected chi connectivity index (χ1v) is 21.5. The Bertz CT molecular complexity index is 2120. The Morgan fingerprint density at radius 1 is 0.484 bits per heavy atom. The van der Waals surface area contributed by atoms with E-state index < -0.39 is 0 Å². The SMILES string of the molecule is CCCCOc1ccc(C2=N/C(=C\c3ccc(OC)c(OC)c3)C(=O)N2CCCCCCN2C(=O)/C(=C\c3ccc(OC)c(OC)c3)N=C2c2ccc(OCCCC)cc2)cc1. The van der Waals surface area contributed by atoms with Crippen molar-refractivity contribution >= 4 is 35.6 Å². The van der Waals surface area contributed by atoms with E-state index in [0.29, 0.717) is 72.4 Å². The summed E-state index contributed by atoms with van der Waals surface area (Å²) in [5.74, 6) is 4.75. The summed E-state index contributed by atoms with van der Waals surface area (Å²) in [5.41, 5.74) is 3.88. The number of methoxy groups -OCH3 is 4. The van der Waals surface area contributed by atoms with Crippen LogP contribution in [0.5, 0.6) is 34.5 Å². The Hall–Kier alpha value is -6.56. The van der Waals surface area contributed by atoms with Gasteiger partial charge in [-0.15, -0.1) is 0 Å². The lowest BCUT2D eigenvalue weighted by molar-refractivity contribution is -0.123. The summed E-state index contributed by atoms with van der Waals surface area (Å²) < 4.78 is 33.6. The van der Waals surface area contributed by atoms with Crippen LogP contribution in [0.15, 0.2) is 106 Å². The zero-order chi connectivity index (χ0) is 43.8. The molecule has 62 heavy (non-hydrogen) atoms. The molecule has 2 amide bonds.